The predicted octanol–water partition coefficient (Wildman–Crippen LogP) is 2.76. The maximum Gasteiger partial charge on any atom is 0.255 e. The summed E-state index contributed by atoms with van der Waals surface area (Å²) in [4.78, 5) is 40.7. The minimum atomic E-state index is -0.626. The van der Waals surface area contributed by atoms with Gasteiger partial charge < -0.3 is 14.4 Å². The number of hydrogen-bond donors (Lipinski definition) is 1. The van der Waals surface area contributed by atoms with Crippen LogP contribution in [-0.2, 0) is 22.7 Å². The summed E-state index contributed by atoms with van der Waals surface area (Å²) < 4.78 is 11.6. The molecule has 37 heavy (non-hydrogen) atoms. The van der Waals surface area contributed by atoms with E-state index in [1.165, 1.54) is 0 Å². The van der Waals surface area contributed by atoms with E-state index in [2.05, 4.69) is 16.3 Å². The van der Waals surface area contributed by atoms with Crippen LogP contribution in [0.15, 0.2) is 36.4 Å². The van der Waals surface area contributed by atoms with Gasteiger partial charge in [-0.05, 0) is 67.3 Å². The first-order valence-corrected chi connectivity index (χ1v) is 12.7. The molecule has 0 radical (unpaired) electrons. The number of ether oxygens (including phenoxy) is 2. The first-order chi connectivity index (χ1) is 18.0. The van der Waals surface area contributed by atoms with Gasteiger partial charge in [0.2, 0.25) is 11.8 Å². The zero-order valence-electron chi connectivity index (χ0n) is 20.9. The van der Waals surface area contributed by atoms with Crippen LogP contribution in [0.4, 0.5) is 0 Å². The molecule has 1 N–H and O–H groups in total. The summed E-state index contributed by atoms with van der Waals surface area (Å²) >= 11 is 0. The van der Waals surface area contributed by atoms with Crippen molar-refractivity contribution in [3.63, 3.8) is 0 Å². The lowest BCUT2D eigenvalue weighted by atomic mass is 10.0. The molecule has 2 fully saturated rings. The summed E-state index contributed by atoms with van der Waals surface area (Å²) in [6, 6.07) is 12.9. The highest BCUT2D eigenvalue weighted by molar-refractivity contribution is 6.05. The first kappa shape index (κ1) is 24.8. The fourth-order valence-corrected chi connectivity index (χ4v) is 5.45. The van der Waals surface area contributed by atoms with Crippen LogP contribution < -0.4 is 14.8 Å². The number of methoxy groups -OCH3 is 1. The number of likely N-dealkylation sites (tertiary alicyclic amines) is 1. The van der Waals surface area contributed by atoms with Crippen molar-refractivity contribution < 1.29 is 23.9 Å². The molecule has 2 aromatic rings. The number of benzene rings is 2. The number of hydrogen-bond acceptors (Lipinski definition) is 7. The average Bonchev–Trinajstić information content (AvgIpc) is 3.23. The zero-order valence-corrected chi connectivity index (χ0v) is 20.9. The molecule has 9 heteroatoms. The van der Waals surface area contributed by atoms with E-state index in [0.29, 0.717) is 42.2 Å². The minimum Gasteiger partial charge on any atom is -0.495 e. The van der Waals surface area contributed by atoms with E-state index >= 15 is 0 Å². The number of carbonyl (C=O) groups excluding carboxylic acids is 3. The second-order valence-corrected chi connectivity index (χ2v) is 9.80. The molecule has 0 bridgehead atoms. The highest BCUT2D eigenvalue weighted by Crippen LogP contribution is 2.31. The predicted molar refractivity (Wildman–Crippen MR) is 134 cm³/mol. The zero-order chi connectivity index (χ0) is 25.9. The van der Waals surface area contributed by atoms with E-state index in [-0.39, 0.29) is 24.3 Å². The first-order valence-electron chi connectivity index (χ1n) is 12.7. The summed E-state index contributed by atoms with van der Waals surface area (Å²) in [5.74, 6) is 0.390. The van der Waals surface area contributed by atoms with Crippen molar-refractivity contribution in [3.8, 4) is 17.6 Å². The summed E-state index contributed by atoms with van der Waals surface area (Å²) in [5, 5.41) is 11.6. The molecule has 0 saturated carbocycles. The number of fused-ring (bicyclic) bond motifs is 1. The highest BCUT2D eigenvalue weighted by Gasteiger charge is 2.39. The molecule has 9 nitrogen and oxygen atoms in total. The topological polar surface area (TPSA) is 112 Å². The Balaban J connectivity index is 1.23. The Bertz CT molecular complexity index is 1270. The third-order valence-corrected chi connectivity index (χ3v) is 7.46. The van der Waals surface area contributed by atoms with Gasteiger partial charge in [0.1, 0.15) is 30.2 Å². The lowest BCUT2D eigenvalue weighted by Crippen LogP contribution is -2.52. The SMILES string of the molecule is COc1cc(CN2CCCC[C@@H]2COc2ccc3c(c2)CN(C2CCC(=O)NC2=O)C3=O)ccc1C#N. The molecular formula is C28H30N4O5. The standard InChI is InChI=1S/C28H30N4O5/c1-36-25-12-18(5-6-19(25)14-29)15-31-11-3-2-4-21(31)17-37-22-7-8-23-20(13-22)16-32(28(23)35)24-9-10-26(33)30-27(24)34/h5-8,12-13,21,24H,2-4,9-11,15-17H2,1H3,(H,30,33,34)/t21-,24?/m1/s1. The summed E-state index contributed by atoms with van der Waals surface area (Å²) in [6.07, 6.45) is 3.87. The van der Waals surface area contributed by atoms with E-state index in [1.807, 2.05) is 24.3 Å². The van der Waals surface area contributed by atoms with Gasteiger partial charge in [0.25, 0.3) is 5.91 Å². The largest absolute Gasteiger partial charge is 0.495 e. The van der Waals surface area contributed by atoms with Gasteiger partial charge in [-0.25, -0.2) is 0 Å². The van der Waals surface area contributed by atoms with Crippen LogP contribution in [0.5, 0.6) is 11.5 Å². The molecule has 3 heterocycles. The van der Waals surface area contributed by atoms with E-state index in [9.17, 15) is 19.6 Å². The molecule has 2 atom stereocenters. The molecule has 3 amide bonds. The van der Waals surface area contributed by atoms with Crippen LogP contribution in [-0.4, -0.2) is 59.9 Å². The number of nitrogens with zero attached hydrogens (tertiary/aromatic N) is 3. The number of piperidine rings is 2. The van der Waals surface area contributed by atoms with Crippen LogP contribution in [0.25, 0.3) is 0 Å². The monoisotopic (exact) mass is 502 g/mol. The Morgan fingerprint density at radius 1 is 1.11 bits per heavy atom. The summed E-state index contributed by atoms with van der Waals surface area (Å²) in [5.41, 5.74) is 3.02. The third-order valence-electron chi connectivity index (χ3n) is 7.46. The Morgan fingerprint density at radius 2 is 1.97 bits per heavy atom. The van der Waals surface area contributed by atoms with Crippen LogP contribution in [0, 0.1) is 11.3 Å². The summed E-state index contributed by atoms with van der Waals surface area (Å²) in [7, 11) is 1.58. The number of rotatable bonds is 7. The Kier molecular flexibility index (Phi) is 7.10. The third kappa shape index (κ3) is 5.16. The highest BCUT2D eigenvalue weighted by atomic mass is 16.5. The van der Waals surface area contributed by atoms with Crippen LogP contribution in [0.3, 0.4) is 0 Å². The number of nitriles is 1. The molecule has 5 rings (SSSR count). The van der Waals surface area contributed by atoms with Crippen molar-refractivity contribution in [1.82, 2.24) is 15.1 Å². The number of nitrogens with one attached hydrogen (secondary N) is 1. The molecule has 1 unspecified atom stereocenters. The van der Waals surface area contributed by atoms with Crippen LogP contribution in [0.2, 0.25) is 0 Å². The second-order valence-electron chi connectivity index (χ2n) is 9.80. The van der Waals surface area contributed by atoms with E-state index in [4.69, 9.17) is 9.47 Å². The number of amides is 3. The van der Waals surface area contributed by atoms with Gasteiger partial charge in [0.15, 0.2) is 0 Å². The molecule has 192 valence electrons. The minimum absolute atomic E-state index is 0.188. The van der Waals surface area contributed by atoms with Crippen molar-refractivity contribution in [1.29, 1.82) is 5.26 Å². The van der Waals surface area contributed by atoms with Crippen LogP contribution in [0.1, 0.15) is 59.2 Å². The molecular weight excluding hydrogens is 472 g/mol. The molecule has 0 spiro atoms. The van der Waals surface area contributed by atoms with Gasteiger partial charge in [0, 0.05) is 31.1 Å². The Hall–Kier alpha value is -3.90. The fourth-order valence-electron chi connectivity index (χ4n) is 5.45. The average molecular weight is 503 g/mol. The molecule has 3 aliphatic rings. The van der Waals surface area contributed by atoms with E-state index in [0.717, 1.165) is 43.5 Å². The van der Waals surface area contributed by atoms with Gasteiger partial charge in [-0.3, -0.25) is 24.6 Å². The van der Waals surface area contributed by atoms with Crippen molar-refractivity contribution in [2.75, 3.05) is 20.3 Å². The smallest absolute Gasteiger partial charge is 0.255 e. The fraction of sp³-hybridized carbons (Fsp3) is 0.429. The Labute approximate surface area is 215 Å². The van der Waals surface area contributed by atoms with Crippen molar-refractivity contribution >= 4 is 17.7 Å². The van der Waals surface area contributed by atoms with Gasteiger partial charge in [-0.2, -0.15) is 5.26 Å². The number of imide groups is 1. The van der Waals surface area contributed by atoms with Gasteiger partial charge in [-0.1, -0.05) is 12.5 Å². The van der Waals surface area contributed by atoms with Gasteiger partial charge in [-0.15, -0.1) is 0 Å². The molecule has 0 aliphatic carbocycles. The number of carbonyl (C=O) groups is 3. The summed E-state index contributed by atoms with van der Waals surface area (Å²) in [6.45, 7) is 2.57. The second kappa shape index (κ2) is 10.6. The maximum atomic E-state index is 12.9. The van der Waals surface area contributed by atoms with Crippen molar-refractivity contribution in [2.45, 2.75) is 57.3 Å². The Morgan fingerprint density at radius 3 is 2.76 bits per heavy atom. The maximum absolute atomic E-state index is 12.9. The lowest BCUT2D eigenvalue weighted by Gasteiger charge is -2.35. The molecule has 2 aromatic carbocycles. The lowest BCUT2D eigenvalue weighted by molar-refractivity contribution is -0.136. The van der Waals surface area contributed by atoms with Gasteiger partial charge >= 0.3 is 0 Å². The van der Waals surface area contributed by atoms with E-state index in [1.54, 1.807) is 24.1 Å². The molecule has 3 aliphatic heterocycles. The quantitative estimate of drug-likeness (QED) is 0.580. The molecule has 0 aromatic heterocycles. The molecule has 2 saturated heterocycles. The van der Waals surface area contributed by atoms with Crippen LogP contribution >= 0.6 is 0 Å². The normalized spacial score (nSPS) is 21.8. The van der Waals surface area contributed by atoms with Crippen molar-refractivity contribution in [3.05, 3.63) is 58.7 Å². The van der Waals surface area contributed by atoms with Gasteiger partial charge in [0.05, 0.1) is 12.7 Å². The van der Waals surface area contributed by atoms with E-state index < -0.39 is 11.9 Å². The van der Waals surface area contributed by atoms with Crippen molar-refractivity contribution in [2.24, 2.45) is 0 Å².